The summed E-state index contributed by atoms with van der Waals surface area (Å²) >= 11 is 3.49. The van der Waals surface area contributed by atoms with E-state index in [1.807, 2.05) is 30.0 Å². The molecular formula is C20H25BrN4O3. The van der Waals surface area contributed by atoms with Crippen LogP contribution in [0.5, 0.6) is 0 Å². The highest BCUT2D eigenvalue weighted by Crippen LogP contribution is 2.58. The maximum absolute atomic E-state index is 13.1. The molecule has 2 aromatic rings. The third-order valence-corrected chi connectivity index (χ3v) is 6.36. The Morgan fingerprint density at radius 1 is 1.46 bits per heavy atom. The first-order valence-corrected chi connectivity index (χ1v) is 10.4. The minimum Gasteiger partial charge on any atom is -0.453 e. The van der Waals surface area contributed by atoms with Crippen LogP contribution in [0.3, 0.4) is 0 Å². The fourth-order valence-corrected chi connectivity index (χ4v) is 4.44. The largest absolute Gasteiger partial charge is 0.453 e. The molecule has 1 saturated carbocycles. The maximum atomic E-state index is 13.1. The minimum atomic E-state index is -0.469. The second-order valence-electron chi connectivity index (χ2n) is 8.21. The summed E-state index contributed by atoms with van der Waals surface area (Å²) in [4.78, 5) is 34.5. The van der Waals surface area contributed by atoms with Crippen molar-refractivity contribution in [3.63, 3.8) is 0 Å². The van der Waals surface area contributed by atoms with E-state index in [2.05, 4.69) is 31.0 Å². The molecule has 150 valence electrons. The highest BCUT2D eigenvalue weighted by molar-refractivity contribution is 9.10. The van der Waals surface area contributed by atoms with Gasteiger partial charge in [-0.05, 0) is 48.8 Å². The van der Waals surface area contributed by atoms with Gasteiger partial charge in [-0.25, -0.2) is 9.78 Å². The standard InChI is InChI=1S/C20H25BrN4O3/c1-12(10-22-19(27)28-2)7-17(26)25-11-20(5-6-20)9-16(25)18-23-14-4-3-13(21)8-15(14)24-18/h3-4,8,12,16H,5-7,9-11H2,1-2H3,(H,22,27)(H,23,24). The number of ether oxygens (including phenoxy) is 1. The zero-order valence-corrected chi connectivity index (χ0v) is 17.7. The summed E-state index contributed by atoms with van der Waals surface area (Å²) in [6.45, 7) is 3.18. The first-order valence-electron chi connectivity index (χ1n) is 9.65. The zero-order chi connectivity index (χ0) is 19.9. The number of amides is 2. The van der Waals surface area contributed by atoms with Gasteiger partial charge in [0.1, 0.15) is 5.82 Å². The molecule has 4 rings (SSSR count). The van der Waals surface area contributed by atoms with Crippen molar-refractivity contribution >= 4 is 39.0 Å². The van der Waals surface area contributed by atoms with Gasteiger partial charge in [0.25, 0.3) is 0 Å². The second-order valence-corrected chi connectivity index (χ2v) is 9.12. The molecule has 1 spiro atoms. The van der Waals surface area contributed by atoms with E-state index in [0.29, 0.717) is 13.0 Å². The van der Waals surface area contributed by atoms with Gasteiger partial charge in [-0.3, -0.25) is 4.79 Å². The van der Waals surface area contributed by atoms with Gasteiger partial charge in [0, 0.05) is 24.0 Å². The molecule has 2 amide bonds. The molecule has 2 N–H and O–H groups in total. The van der Waals surface area contributed by atoms with Crippen LogP contribution in [0.2, 0.25) is 0 Å². The fraction of sp³-hybridized carbons (Fsp3) is 0.550. The van der Waals surface area contributed by atoms with Gasteiger partial charge < -0.3 is 19.9 Å². The number of imidazole rings is 1. The van der Waals surface area contributed by atoms with Crippen molar-refractivity contribution in [2.75, 3.05) is 20.2 Å². The number of aromatic nitrogens is 2. The smallest absolute Gasteiger partial charge is 0.406 e. The number of rotatable bonds is 5. The topological polar surface area (TPSA) is 87.3 Å². The van der Waals surface area contributed by atoms with Gasteiger partial charge >= 0.3 is 6.09 Å². The number of likely N-dealkylation sites (tertiary alicyclic amines) is 1. The predicted molar refractivity (Wildman–Crippen MR) is 109 cm³/mol. The van der Waals surface area contributed by atoms with Crippen molar-refractivity contribution in [2.24, 2.45) is 11.3 Å². The number of hydrogen-bond donors (Lipinski definition) is 2. The summed E-state index contributed by atoms with van der Waals surface area (Å²) in [5.41, 5.74) is 2.16. The van der Waals surface area contributed by atoms with Crippen LogP contribution in [0.25, 0.3) is 11.0 Å². The lowest BCUT2D eigenvalue weighted by molar-refractivity contribution is -0.133. The Morgan fingerprint density at radius 3 is 2.96 bits per heavy atom. The van der Waals surface area contributed by atoms with Gasteiger partial charge in [0.05, 0.1) is 24.2 Å². The van der Waals surface area contributed by atoms with Crippen LogP contribution >= 0.6 is 15.9 Å². The Kier molecular flexibility index (Phi) is 5.07. The molecule has 2 fully saturated rings. The number of aromatic amines is 1. The molecule has 1 aliphatic carbocycles. The van der Waals surface area contributed by atoms with E-state index in [1.165, 1.54) is 20.0 Å². The average Bonchev–Trinajstić information content (AvgIpc) is 3.12. The number of fused-ring (bicyclic) bond motifs is 1. The molecule has 2 unspecified atom stereocenters. The molecule has 0 radical (unpaired) electrons. The summed E-state index contributed by atoms with van der Waals surface area (Å²) in [6.07, 6.45) is 3.25. The van der Waals surface area contributed by atoms with Crippen molar-refractivity contribution in [2.45, 2.75) is 38.6 Å². The molecule has 0 bridgehead atoms. The lowest BCUT2D eigenvalue weighted by Gasteiger charge is -2.25. The van der Waals surface area contributed by atoms with E-state index in [9.17, 15) is 9.59 Å². The van der Waals surface area contributed by atoms with E-state index in [4.69, 9.17) is 4.98 Å². The first-order chi connectivity index (χ1) is 13.4. The second kappa shape index (κ2) is 7.39. The Balaban J connectivity index is 1.49. The molecule has 1 aliphatic heterocycles. The highest BCUT2D eigenvalue weighted by atomic mass is 79.9. The van der Waals surface area contributed by atoms with Crippen LogP contribution in [0.1, 0.15) is 44.5 Å². The van der Waals surface area contributed by atoms with E-state index in [1.54, 1.807) is 0 Å². The molecule has 1 aromatic carbocycles. The Labute approximate surface area is 172 Å². The number of H-pyrrole nitrogens is 1. The van der Waals surface area contributed by atoms with Crippen molar-refractivity contribution < 1.29 is 14.3 Å². The number of nitrogens with one attached hydrogen (secondary N) is 2. The Morgan fingerprint density at radius 2 is 2.25 bits per heavy atom. The van der Waals surface area contributed by atoms with Gasteiger partial charge in [-0.2, -0.15) is 0 Å². The molecule has 1 saturated heterocycles. The van der Waals surface area contributed by atoms with E-state index in [-0.39, 0.29) is 23.3 Å². The number of methoxy groups -OCH3 is 1. The third kappa shape index (κ3) is 3.87. The molecule has 7 nitrogen and oxygen atoms in total. The fourth-order valence-electron chi connectivity index (χ4n) is 4.08. The zero-order valence-electron chi connectivity index (χ0n) is 16.1. The van der Waals surface area contributed by atoms with Crippen LogP contribution in [0.4, 0.5) is 4.79 Å². The summed E-state index contributed by atoms with van der Waals surface area (Å²) in [5, 5.41) is 2.67. The normalized spacial score (nSPS) is 21.1. The monoisotopic (exact) mass is 448 g/mol. The van der Waals surface area contributed by atoms with Gasteiger partial charge in [-0.1, -0.05) is 22.9 Å². The van der Waals surface area contributed by atoms with Crippen molar-refractivity contribution in [3.8, 4) is 0 Å². The Hall–Kier alpha value is -2.09. The summed E-state index contributed by atoms with van der Waals surface area (Å²) in [5.74, 6) is 1.02. The average molecular weight is 449 g/mol. The maximum Gasteiger partial charge on any atom is 0.406 e. The lowest BCUT2D eigenvalue weighted by Crippen LogP contribution is -2.35. The summed E-state index contributed by atoms with van der Waals surface area (Å²) < 4.78 is 5.59. The van der Waals surface area contributed by atoms with Crippen molar-refractivity contribution in [1.29, 1.82) is 0 Å². The number of halogens is 1. The number of carbonyl (C=O) groups excluding carboxylic acids is 2. The summed E-state index contributed by atoms with van der Waals surface area (Å²) in [7, 11) is 1.33. The first kappa shape index (κ1) is 19.2. The van der Waals surface area contributed by atoms with Crippen molar-refractivity contribution in [3.05, 3.63) is 28.5 Å². The molecule has 2 atom stereocenters. The van der Waals surface area contributed by atoms with E-state index < -0.39 is 6.09 Å². The number of hydrogen-bond acceptors (Lipinski definition) is 4. The van der Waals surface area contributed by atoms with Crippen LogP contribution in [-0.2, 0) is 9.53 Å². The van der Waals surface area contributed by atoms with Gasteiger partial charge in [-0.15, -0.1) is 0 Å². The molecule has 2 aliphatic rings. The quantitative estimate of drug-likeness (QED) is 0.728. The lowest BCUT2D eigenvalue weighted by atomic mass is 10.0. The van der Waals surface area contributed by atoms with Gasteiger partial charge in [0.15, 0.2) is 0 Å². The molecule has 28 heavy (non-hydrogen) atoms. The van der Waals surface area contributed by atoms with Gasteiger partial charge in [0.2, 0.25) is 5.91 Å². The Bertz CT molecular complexity index is 908. The van der Waals surface area contributed by atoms with Crippen LogP contribution < -0.4 is 5.32 Å². The number of benzene rings is 1. The van der Waals surface area contributed by atoms with Crippen molar-refractivity contribution in [1.82, 2.24) is 20.2 Å². The highest BCUT2D eigenvalue weighted by Gasteiger charge is 2.54. The van der Waals surface area contributed by atoms with E-state index >= 15 is 0 Å². The molecular weight excluding hydrogens is 424 g/mol. The van der Waals surface area contributed by atoms with Crippen LogP contribution in [0.15, 0.2) is 22.7 Å². The van der Waals surface area contributed by atoms with Crippen LogP contribution in [-0.4, -0.2) is 47.1 Å². The summed E-state index contributed by atoms with van der Waals surface area (Å²) in [6, 6.07) is 5.96. The predicted octanol–water partition coefficient (Wildman–Crippen LogP) is 3.76. The molecule has 1 aromatic heterocycles. The van der Waals surface area contributed by atoms with Crippen LogP contribution in [0, 0.1) is 11.3 Å². The van der Waals surface area contributed by atoms with E-state index in [0.717, 1.165) is 34.3 Å². The third-order valence-electron chi connectivity index (χ3n) is 5.87. The molecule has 8 heteroatoms. The number of alkyl carbamates (subject to hydrolysis) is 1. The SMILES string of the molecule is COC(=O)NCC(C)CC(=O)N1CC2(CC2)CC1c1nc2ccc(Br)cc2[nH]1. The number of carbonyl (C=O) groups is 2. The minimum absolute atomic E-state index is 0.0121. The molecule has 2 heterocycles. The number of nitrogens with zero attached hydrogens (tertiary/aromatic N) is 2.